The van der Waals surface area contributed by atoms with Crippen molar-refractivity contribution < 1.29 is 9.21 Å². The molecule has 0 aliphatic rings. The van der Waals surface area contributed by atoms with Gasteiger partial charge in [-0.25, -0.2) is 4.68 Å². The van der Waals surface area contributed by atoms with Crippen molar-refractivity contribution in [3.63, 3.8) is 0 Å². The molecule has 2 aromatic heterocycles. The van der Waals surface area contributed by atoms with Crippen LogP contribution in [0.4, 0.5) is 0 Å². The third-order valence-corrected chi connectivity index (χ3v) is 5.50. The molecule has 7 heteroatoms. The zero-order valence-corrected chi connectivity index (χ0v) is 18.5. The fourth-order valence-corrected chi connectivity index (χ4v) is 3.64. The van der Waals surface area contributed by atoms with Crippen LogP contribution in [-0.2, 0) is 0 Å². The SMILES string of the molecule is CCN(CC)CCCC(C)NC(=O)c1cc(-c2ccco2)nn1-c1ccccc1Cl. The number of halogens is 1. The van der Waals surface area contributed by atoms with E-state index >= 15 is 0 Å². The number of amides is 1. The lowest BCUT2D eigenvalue weighted by atomic mass is 10.1. The minimum absolute atomic E-state index is 0.0507. The number of hydrogen-bond acceptors (Lipinski definition) is 4. The van der Waals surface area contributed by atoms with E-state index in [9.17, 15) is 4.79 Å². The predicted octanol–water partition coefficient (Wildman–Crippen LogP) is 5.03. The summed E-state index contributed by atoms with van der Waals surface area (Å²) in [5.74, 6) is 0.415. The zero-order chi connectivity index (χ0) is 21.5. The highest BCUT2D eigenvalue weighted by Crippen LogP contribution is 2.26. The van der Waals surface area contributed by atoms with Crippen LogP contribution in [0.1, 0.15) is 44.1 Å². The van der Waals surface area contributed by atoms with Crippen molar-refractivity contribution in [2.24, 2.45) is 0 Å². The van der Waals surface area contributed by atoms with E-state index in [0.29, 0.717) is 27.9 Å². The van der Waals surface area contributed by atoms with Crippen LogP contribution in [0.5, 0.6) is 0 Å². The maximum Gasteiger partial charge on any atom is 0.270 e. The van der Waals surface area contributed by atoms with E-state index in [1.54, 1.807) is 29.1 Å². The second kappa shape index (κ2) is 10.5. The summed E-state index contributed by atoms with van der Waals surface area (Å²) in [6, 6.07) is 12.7. The molecule has 0 spiro atoms. The number of para-hydroxylation sites is 1. The van der Waals surface area contributed by atoms with Gasteiger partial charge in [-0.3, -0.25) is 4.79 Å². The van der Waals surface area contributed by atoms with Crippen molar-refractivity contribution in [3.8, 4) is 17.1 Å². The first-order valence-electron chi connectivity index (χ1n) is 10.5. The van der Waals surface area contributed by atoms with Gasteiger partial charge in [-0.15, -0.1) is 0 Å². The summed E-state index contributed by atoms with van der Waals surface area (Å²) in [4.78, 5) is 15.5. The average molecular weight is 429 g/mol. The number of nitrogens with one attached hydrogen (secondary N) is 1. The van der Waals surface area contributed by atoms with Crippen molar-refractivity contribution in [1.29, 1.82) is 0 Å². The Balaban J connectivity index is 1.78. The molecule has 0 fully saturated rings. The Labute approximate surface area is 182 Å². The summed E-state index contributed by atoms with van der Waals surface area (Å²) in [6.07, 6.45) is 3.53. The maximum atomic E-state index is 13.1. The molecular weight excluding hydrogens is 400 g/mol. The number of nitrogens with zero attached hydrogens (tertiary/aromatic N) is 3. The minimum atomic E-state index is -0.185. The second-order valence-corrected chi connectivity index (χ2v) is 7.71. The van der Waals surface area contributed by atoms with Crippen LogP contribution in [0.15, 0.2) is 53.1 Å². The number of aromatic nitrogens is 2. The molecule has 1 aromatic carbocycles. The number of carbonyl (C=O) groups is 1. The molecule has 0 aliphatic carbocycles. The standard InChI is InChI=1S/C23H29ClN4O2/c1-4-27(5-2)14-8-10-17(3)25-23(29)21-16-19(22-13-9-15-30-22)26-28(21)20-12-7-6-11-18(20)24/h6-7,9,11-13,15-17H,4-5,8,10,14H2,1-3H3,(H,25,29). The van der Waals surface area contributed by atoms with E-state index < -0.39 is 0 Å². The fourth-order valence-electron chi connectivity index (χ4n) is 3.43. The number of carbonyl (C=O) groups excluding carboxylic acids is 1. The number of furan rings is 1. The molecule has 1 amide bonds. The number of hydrogen-bond donors (Lipinski definition) is 1. The molecule has 3 rings (SSSR count). The van der Waals surface area contributed by atoms with Crippen molar-refractivity contribution in [2.45, 2.75) is 39.7 Å². The summed E-state index contributed by atoms with van der Waals surface area (Å²) >= 11 is 6.38. The van der Waals surface area contributed by atoms with Gasteiger partial charge in [-0.1, -0.05) is 37.6 Å². The lowest BCUT2D eigenvalue weighted by Crippen LogP contribution is -2.34. The Morgan fingerprint density at radius 1 is 1.23 bits per heavy atom. The third-order valence-electron chi connectivity index (χ3n) is 5.18. The van der Waals surface area contributed by atoms with E-state index in [1.807, 2.05) is 31.2 Å². The van der Waals surface area contributed by atoms with Crippen molar-refractivity contribution >= 4 is 17.5 Å². The molecule has 3 aromatic rings. The van der Waals surface area contributed by atoms with Gasteiger partial charge in [0.1, 0.15) is 11.4 Å². The Morgan fingerprint density at radius 3 is 2.67 bits per heavy atom. The molecule has 0 radical (unpaired) electrons. The summed E-state index contributed by atoms with van der Waals surface area (Å²) in [5, 5.41) is 8.21. The van der Waals surface area contributed by atoms with Crippen LogP contribution in [0.3, 0.4) is 0 Å². The van der Waals surface area contributed by atoms with E-state index in [4.69, 9.17) is 16.0 Å². The summed E-state index contributed by atoms with van der Waals surface area (Å²) < 4.78 is 7.05. The quantitative estimate of drug-likeness (QED) is 0.492. The van der Waals surface area contributed by atoms with E-state index in [-0.39, 0.29) is 11.9 Å². The van der Waals surface area contributed by atoms with Gasteiger partial charge in [0.2, 0.25) is 0 Å². The van der Waals surface area contributed by atoms with Gasteiger partial charge in [0.05, 0.1) is 17.0 Å². The van der Waals surface area contributed by atoms with Gasteiger partial charge in [0.15, 0.2) is 5.76 Å². The van der Waals surface area contributed by atoms with Crippen LogP contribution < -0.4 is 5.32 Å². The molecule has 0 saturated heterocycles. The Bertz CT molecular complexity index is 948. The molecule has 160 valence electrons. The third kappa shape index (κ3) is 5.32. The molecule has 0 bridgehead atoms. The molecule has 30 heavy (non-hydrogen) atoms. The zero-order valence-electron chi connectivity index (χ0n) is 17.8. The van der Waals surface area contributed by atoms with Crippen LogP contribution >= 0.6 is 11.6 Å². The highest BCUT2D eigenvalue weighted by atomic mass is 35.5. The first-order chi connectivity index (χ1) is 14.5. The van der Waals surface area contributed by atoms with Crippen LogP contribution in [0, 0.1) is 0 Å². The van der Waals surface area contributed by atoms with E-state index in [2.05, 4.69) is 29.2 Å². The fraction of sp³-hybridized carbons (Fsp3) is 0.391. The molecular formula is C23H29ClN4O2. The molecule has 0 aliphatic heterocycles. The van der Waals surface area contributed by atoms with Crippen molar-refractivity contribution in [1.82, 2.24) is 20.0 Å². The largest absolute Gasteiger partial charge is 0.463 e. The lowest BCUT2D eigenvalue weighted by molar-refractivity contribution is 0.0929. The first-order valence-corrected chi connectivity index (χ1v) is 10.8. The number of benzene rings is 1. The van der Waals surface area contributed by atoms with Gasteiger partial charge in [0.25, 0.3) is 5.91 Å². The van der Waals surface area contributed by atoms with Gasteiger partial charge in [0, 0.05) is 12.1 Å². The van der Waals surface area contributed by atoms with Crippen LogP contribution in [0.2, 0.25) is 5.02 Å². The van der Waals surface area contributed by atoms with E-state index in [1.165, 1.54) is 0 Å². The Kier molecular flexibility index (Phi) is 7.71. The average Bonchev–Trinajstić information content (AvgIpc) is 3.41. The topological polar surface area (TPSA) is 63.3 Å². The Morgan fingerprint density at radius 2 is 2.00 bits per heavy atom. The normalized spacial score (nSPS) is 12.3. The molecule has 0 saturated carbocycles. The summed E-state index contributed by atoms with van der Waals surface area (Å²) in [5.41, 5.74) is 1.65. The molecule has 2 heterocycles. The predicted molar refractivity (Wildman–Crippen MR) is 120 cm³/mol. The molecule has 1 N–H and O–H groups in total. The van der Waals surface area contributed by atoms with Crippen LogP contribution in [0.25, 0.3) is 17.1 Å². The maximum absolute atomic E-state index is 13.1. The van der Waals surface area contributed by atoms with Crippen LogP contribution in [-0.4, -0.2) is 46.3 Å². The molecule has 6 nitrogen and oxygen atoms in total. The van der Waals surface area contributed by atoms with Gasteiger partial charge >= 0.3 is 0 Å². The van der Waals surface area contributed by atoms with E-state index in [0.717, 1.165) is 32.5 Å². The minimum Gasteiger partial charge on any atom is -0.463 e. The van der Waals surface area contributed by atoms with Gasteiger partial charge in [-0.05, 0) is 63.7 Å². The first kappa shape index (κ1) is 22.1. The second-order valence-electron chi connectivity index (χ2n) is 7.30. The highest BCUT2D eigenvalue weighted by Gasteiger charge is 2.21. The highest BCUT2D eigenvalue weighted by molar-refractivity contribution is 6.32. The summed E-state index contributed by atoms with van der Waals surface area (Å²) in [7, 11) is 0. The van der Waals surface area contributed by atoms with Gasteiger partial charge in [-0.2, -0.15) is 5.10 Å². The molecule has 1 unspecified atom stereocenters. The molecule has 1 atom stereocenters. The van der Waals surface area contributed by atoms with Gasteiger partial charge < -0.3 is 14.6 Å². The smallest absolute Gasteiger partial charge is 0.270 e. The van der Waals surface area contributed by atoms with Crippen molar-refractivity contribution in [2.75, 3.05) is 19.6 Å². The lowest BCUT2D eigenvalue weighted by Gasteiger charge is -2.20. The monoisotopic (exact) mass is 428 g/mol. The van der Waals surface area contributed by atoms with Crippen molar-refractivity contribution in [3.05, 3.63) is 59.4 Å². The summed E-state index contributed by atoms with van der Waals surface area (Å²) in [6.45, 7) is 9.49. The Hall–Kier alpha value is -2.57. The number of rotatable bonds is 10.